The lowest BCUT2D eigenvalue weighted by Crippen LogP contribution is -2.49. The van der Waals surface area contributed by atoms with Crippen molar-refractivity contribution in [1.29, 1.82) is 5.41 Å². The fourth-order valence-corrected chi connectivity index (χ4v) is 3.60. The van der Waals surface area contributed by atoms with E-state index in [-0.39, 0.29) is 11.7 Å². The minimum absolute atomic E-state index is 0.0551. The van der Waals surface area contributed by atoms with Gasteiger partial charge >= 0.3 is 0 Å². The van der Waals surface area contributed by atoms with Crippen molar-refractivity contribution in [1.82, 2.24) is 15.3 Å². The summed E-state index contributed by atoms with van der Waals surface area (Å²) >= 11 is 0. The van der Waals surface area contributed by atoms with Gasteiger partial charge in [0.15, 0.2) is 5.78 Å². The van der Waals surface area contributed by atoms with E-state index in [1.54, 1.807) is 19.4 Å². The van der Waals surface area contributed by atoms with Gasteiger partial charge in [-0.3, -0.25) is 9.59 Å². The van der Waals surface area contributed by atoms with Crippen molar-refractivity contribution in [2.75, 3.05) is 0 Å². The molecule has 1 heterocycles. The third kappa shape index (κ3) is 7.50. The van der Waals surface area contributed by atoms with Crippen LogP contribution >= 0.6 is 0 Å². The summed E-state index contributed by atoms with van der Waals surface area (Å²) in [5.41, 5.74) is 10.4. The van der Waals surface area contributed by atoms with Crippen molar-refractivity contribution >= 4 is 17.4 Å². The Bertz CT molecular complexity index is 1050. The summed E-state index contributed by atoms with van der Waals surface area (Å²) in [4.78, 5) is 32.8. The molecule has 7 nitrogen and oxygen atoms in total. The number of aromatic amines is 1. The molecule has 0 aliphatic rings. The van der Waals surface area contributed by atoms with E-state index in [9.17, 15) is 9.59 Å². The number of carbonyl (C=O) groups excluding carboxylic acids is 2. The van der Waals surface area contributed by atoms with Gasteiger partial charge in [-0.1, -0.05) is 54.6 Å². The van der Waals surface area contributed by atoms with Crippen LogP contribution in [0, 0.1) is 5.41 Å². The molecule has 0 radical (unpaired) electrons. The Kier molecular flexibility index (Phi) is 8.66. The van der Waals surface area contributed by atoms with Gasteiger partial charge in [0.25, 0.3) is 0 Å². The van der Waals surface area contributed by atoms with E-state index in [0.29, 0.717) is 37.8 Å². The van der Waals surface area contributed by atoms with Crippen molar-refractivity contribution in [3.05, 3.63) is 89.5 Å². The molecular formula is C26H31N5O2. The number of benzene rings is 2. The molecule has 0 spiro atoms. The number of amides is 1. The highest BCUT2D eigenvalue weighted by Crippen LogP contribution is 2.11. The Balaban J connectivity index is 1.59. The van der Waals surface area contributed by atoms with Gasteiger partial charge in [0.05, 0.1) is 18.4 Å². The van der Waals surface area contributed by atoms with Crippen LogP contribution in [0.4, 0.5) is 0 Å². The molecule has 0 saturated heterocycles. The van der Waals surface area contributed by atoms with Crippen LogP contribution in [-0.4, -0.2) is 39.5 Å². The van der Waals surface area contributed by atoms with E-state index in [4.69, 9.17) is 11.1 Å². The SMILES string of the molecule is CC(=N)c1ccc(CCC(=O)[C@H](Cc2cnc[nH]2)NC(=O)[C@H](N)CCc2ccccc2)cc1. The van der Waals surface area contributed by atoms with E-state index in [0.717, 1.165) is 22.4 Å². The normalized spacial score (nSPS) is 12.7. The fraction of sp³-hybridized carbons (Fsp3) is 0.308. The highest BCUT2D eigenvalue weighted by molar-refractivity contribution is 5.96. The summed E-state index contributed by atoms with van der Waals surface area (Å²) in [6.45, 7) is 1.74. The van der Waals surface area contributed by atoms with Gasteiger partial charge in [-0.25, -0.2) is 4.98 Å². The summed E-state index contributed by atoms with van der Waals surface area (Å²) in [6, 6.07) is 16.1. The predicted octanol–water partition coefficient (Wildman–Crippen LogP) is 2.99. The molecule has 1 aromatic heterocycles. The Labute approximate surface area is 194 Å². The number of nitrogens with two attached hydrogens (primary N) is 1. The lowest BCUT2D eigenvalue weighted by Gasteiger charge is -2.20. The zero-order valence-electron chi connectivity index (χ0n) is 18.9. The molecule has 0 unspecified atom stereocenters. The van der Waals surface area contributed by atoms with Crippen LogP contribution in [0.2, 0.25) is 0 Å². The fourth-order valence-electron chi connectivity index (χ4n) is 3.60. The van der Waals surface area contributed by atoms with Crippen LogP contribution in [0.25, 0.3) is 0 Å². The lowest BCUT2D eigenvalue weighted by atomic mass is 9.98. The van der Waals surface area contributed by atoms with Crippen LogP contribution in [0.1, 0.15) is 42.1 Å². The van der Waals surface area contributed by atoms with Crippen molar-refractivity contribution < 1.29 is 9.59 Å². The number of rotatable bonds is 12. The molecule has 2 aromatic carbocycles. The minimum Gasteiger partial charge on any atom is -0.348 e. The maximum absolute atomic E-state index is 13.0. The number of Topliss-reactive ketones (excluding diaryl/α,β-unsaturated/α-hetero) is 1. The maximum atomic E-state index is 13.0. The standard InChI is InChI=1S/C26H31N5O2/c1-18(27)21-11-7-20(8-12-21)10-14-25(32)24(15-22-16-29-17-30-22)31-26(33)23(28)13-9-19-5-3-2-4-6-19/h2-8,11-12,16-17,23-24,27H,9-10,13-15,28H2,1H3,(H,29,30)(H,31,33)/t23-,24+/m1/s1. The molecule has 2 atom stereocenters. The quantitative estimate of drug-likeness (QED) is 0.320. The number of H-pyrrole nitrogens is 1. The molecule has 1 amide bonds. The molecule has 172 valence electrons. The van der Waals surface area contributed by atoms with Crippen molar-refractivity contribution in [3.8, 4) is 0 Å². The van der Waals surface area contributed by atoms with Gasteiger partial charge in [0, 0.05) is 30.4 Å². The highest BCUT2D eigenvalue weighted by atomic mass is 16.2. The van der Waals surface area contributed by atoms with E-state index < -0.39 is 12.1 Å². The molecule has 0 bridgehead atoms. The Hall–Kier alpha value is -3.58. The third-order valence-corrected chi connectivity index (χ3v) is 5.65. The molecule has 3 rings (SSSR count). The number of aryl methyl sites for hydroxylation is 2. The second-order valence-corrected chi connectivity index (χ2v) is 8.26. The lowest BCUT2D eigenvalue weighted by molar-refractivity contribution is -0.128. The average molecular weight is 446 g/mol. The van der Waals surface area contributed by atoms with E-state index in [1.165, 1.54) is 0 Å². The first-order chi connectivity index (χ1) is 15.9. The largest absolute Gasteiger partial charge is 0.348 e. The molecule has 5 N–H and O–H groups in total. The van der Waals surface area contributed by atoms with Gasteiger partial charge in [-0.05, 0) is 42.9 Å². The van der Waals surface area contributed by atoms with Crippen LogP contribution in [0.5, 0.6) is 0 Å². The number of carbonyl (C=O) groups is 2. The Morgan fingerprint density at radius 3 is 2.39 bits per heavy atom. The van der Waals surface area contributed by atoms with E-state index in [1.807, 2.05) is 54.6 Å². The number of nitrogens with one attached hydrogen (secondary N) is 3. The van der Waals surface area contributed by atoms with Crippen molar-refractivity contribution in [2.45, 2.75) is 51.1 Å². The predicted molar refractivity (Wildman–Crippen MR) is 129 cm³/mol. The summed E-state index contributed by atoms with van der Waals surface area (Å²) in [6.07, 6.45) is 5.59. The smallest absolute Gasteiger partial charge is 0.237 e. The van der Waals surface area contributed by atoms with Gasteiger partial charge in [-0.15, -0.1) is 0 Å². The van der Waals surface area contributed by atoms with Gasteiger partial charge in [-0.2, -0.15) is 0 Å². The Morgan fingerprint density at radius 1 is 1.06 bits per heavy atom. The van der Waals surface area contributed by atoms with Gasteiger partial charge < -0.3 is 21.4 Å². The first kappa shape index (κ1) is 24.1. The minimum atomic E-state index is -0.695. The third-order valence-electron chi connectivity index (χ3n) is 5.65. The number of imidazole rings is 1. The van der Waals surface area contributed by atoms with Crippen LogP contribution < -0.4 is 11.1 Å². The second kappa shape index (κ2) is 11.9. The number of nitrogens with zero attached hydrogens (tertiary/aromatic N) is 1. The molecule has 0 saturated carbocycles. The maximum Gasteiger partial charge on any atom is 0.237 e. The van der Waals surface area contributed by atoms with Gasteiger partial charge in [0.2, 0.25) is 5.91 Å². The van der Waals surface area contributed by atoms with Gasteiger partial charge in [0.1, 0.15) is 0 Å². The summed E-state index contributed by atoms with van der Waals surface area (Å²) in [5, 5.41) is 10.6. The van der Waals surface area contributed by atoms with Crippen molar-refractivity contribution in [2.24, 2.45) is 5.73 Å². The molecule has 7 heteroatoms. The van der Waals surface area contributed by atoms with Crippen LogP contribution in [0.3, 0.4) is 0 Å². The first-order valence-electron chi connectivity index (χ1n) is 11.2. The van der Waals surface area contributed by atoms with E-state index in [2.05, 4.69) is 15.3 Å². The zero-order chi connectivity index (χ0) is 23.6. The Morgan fingerprint density at radius 2 is 1.76 bits per heavy atom. The molecule has 0 fully saturated rings. The molecule has 3 aromatic rings. The summed E-state index contributed by atoms with van der Waals surface area (Å²) in [7, 11) is 0. The zero-order valence-corrected chi connectivity index (χ0v) is 18.9. The number of ketones is 1. The van der Waals surface area contributed by atoms with E-state index >= 15 is 0 Å². The topological polar surface area (TPSA) is 125 Å². The molecule has 0 aliphatic heterocycles. The first-order valence-corrected chi connectivity index (χ1v) is 11.2. The molecule has 0 aliphatic carbocycles. The monoisotopic (exact) mass is 445 g/mol. The average Bonchev–Trinajstić information content (AvgIpc) is 3.34. The molecule has 33 heavy (non-hydrogen) atoms. The van der Waals surface area contributed by atoms with Crippen molar-refractivity contribution in [3.63, 3.8) is 0 Å². The number of aromatic nitrogens is 2. The van der Waals surface area contributed by atoms with Crippen LogP contribution in [0.15, 0.2) is 67.1 Å². The van der Waals surface area contributed by atoms with Crippen LogP contribution in [-0.2, 0) is 28.9 Å². The summed E-state index contributed by atoms with van der Waals surface area (Å²) < 4.78 is 0. The number of hydrogen-bond donors (Lipinski definition) is 4. The second-order valence-electron chi connectivity index (χ2n) is 8.26. The summed E-state index contributed by atoms with van der Waals surface area (Å²) in [5.74, 6) is -0.380. The molecular weight excluding hydrogens is 414 g/mol. The number of hydrogen-bond acceptors (Lipinski definition) is 5. The highest BCUT2D eigenvalue weighted by Gasteiger charge is 2.24.